The lowest BCUT2D eigenvalue weighted by molar-refractivity contribution is -0.384. The van der Waals surface area contributed by atoms with Crippen LogP contribution >= 0.6 is 15.9 Å². The van der Waals surface area contributed by atoms with Crippen molar-refractivity contribution in [2.75, 3.05) is 0 Å². The highest BCUT2D eigenvalue weighted by Crippen LogP contribution is 2.33. The Hall–Kier alpha value is -1.23. The molecule has 1 rings (SSSR count). The van der Waals surface area contributed by atoms with Crippen molar-refractivity contribution in [1.82, 2.24) is 0 Å². The third-order valence-corrected chi connectivity index (χ3v) is 3.32. The van der Waals surface area contributed by atoms with E-state index in [4.69, 9.17) is 0 Å². The highest BCUT2D eigenvalue weighted by atomic mass is 79.9. The number of non-ortho nitro benzene ring substituents is 1. The van der Waals surface area contributed by atoms with Gasteiger partial charge in [0.2, 0.25) is 0 Å². The molecule has 92 valence electrons. The molecule has 1 unspecified atom stereocenters. The van der Waals surface area contributed by atoms with Crippen molar-refractivity contribution in [3.05, 3.63) is 38.3 Å². The number of Topliss-reactive ketones (excluding diaryl/α,β-unsaturated/α-hetero) is 1. The number of benzene rings is 1. The third-order valence-electron chi connectivity index (χ3n) is 2.63. The molecule has 0 bridgehead atoms. The summed E-state index contributed by atoms with van der Waals surface area (Å²) in [5.41, 5.74) is 0.824. The van der Waals surface area contributed by atoms with E-state index >= 15 is 0 Å². The molecule has 0 N–H and O–H groups in total. The molecular formula is C12H14BrNO3. The predicted molar refractivity (Wildman–Crippen MR) is 69.1 cm³/mol. The molecule has 0 radical (unpaired) electrons. The van der Waals surface area contributed by atoms with Crippen LogP contribution in [0.3, 0.4) is 0 Å². The third kappa shape index (κ3) is 3.12. The van der Waals surface area contributed by atoms with Crippen molar-refractivity contribution in [3.63, 3.8) is 0 Å². The fraction of sp³-hybridized carbons (Fsp3) is 0.417. The maximum absolute atomic E-state index is 11.6. The Morgan fingerprint density at radius 1 is 1.41 bits per heavy atom. The predicted octanol–water partition coefficient (Wildman–Crippen LogP) is 3.69. The monoisotopic (exact) mass is 299 g/mol. The molecule has 1 aromatic carbocycles. The molecule has 0 saturated carbocycles. The first-order valence-corrected chi connectivity index (χ1v) is 6.08. The van der Waals surface area contributed by atoms with Gasteiger partial charge in [0.15, 0.2) is 0 Å². The molecule has 1 aromatic rings. The molecule has 1 atom stereocenters. The molecule has 0 aliphatic heterocycles. The summed E-state index contributed by atoms with van der Waals surface area (Å²) >= 11 is 3.30. The summed E-state index contributed by atoms with van der Waals surface area (Å²) in [6.07, 6.45) is 0. The summed E-state index contributed by atoms with van der Waals surface area (Å²) < 4.78 is 0.612. The zero-order valence-corrected chi connectivity index (χ0v) is 11.5. The summed E-state index contributed by atoms with van der Waals surface area (Å²) in [5, 5.41) is 10.6. The Bertz CT molecular complexity index is 457. The normalized spacial score (nSPS) is 12.5. The number of hydrogen-bond donors (Lipinski definition) is 0. The van der Waals surface area contributed by atoms with Crippen LogP contribution in [0.4, 0.5) is 5.69 Å². The van der Waals surface area contributed by atoms with Gasteiger partial charge in [0.05, 0.1) is 4.92 Å². The number of hydrogen-bond acceptors (Lipinski definition) is 3. The first-order chi connectivity index (χ1) is 7.84. The molecule has 0 aromatic heterocycles. The molecule has 0 fully saturated rings. The van der Waals surface area contributed by atoms with Crippen molar-refractivity contribution < 1.29 is 9.72 Å². The molecule has 0 amide bonds. The molecule has 0 aliphatic rings. The van der Waals surface area contributed by atoms with Gasteiger partial charge >= 0.3 is 0 Å². The maximum Gasteiger partial charge on any atom is 0.270 e. The highest BCUT2D eigenvalue weighted by molar-refractivity contribution is 9.10. The van der Waals surface area contributed by atoms with Crippen LogP contribution in [0, 0.1) is 16.0 Å². The minimum Gasteiger partial charge on any atom is -0.299 e. The van der Waals surface area contributed by atoms with E-state index in [0.717, 1.165) is 5.56 Å². The molecule has 0 heterocycles. The van der Waals surface area contributed by atoms with E-state index in [-0.39, 0.29) is 23.3 Å². The van der Waals surface area contributed by atoms with Crippen molar-refractivity contribution in [3.8, 4) is 0 Å². The quantitative estimate of drug-likeness (QED) is 0.629. The van der Waals surface area contributed by atoms with Crippen LogP contribution < -0.4 is 0 Å². The number of carbonyl (C=O) groups excluding carboxylic acids is 1. The Morgan fingerprint density at radius 2 is 2.00 bits per heavy atom. The largest absolute Gasteiger partial charge is 0.299 e. The van der Waals surface area contributed by atoms with Gasteiger partial charge in [0.1, 0.15) is 5.78 Å². The Balaban J connectivity index is 3.22. The second kappa shape index (κ2) is 5.40. The molecule has 4 nitrogen and oxygen atoms in total. The molecule has 5 heteroatoms. The second-order valence-electron chi connectivity index (χ2n) is 4.30. The Labute approximate surface area is 108 Å². The van der Waals surface area contributed by atoms with Gasteiger partial charge in [-0.2, -0.15) is 0 Å². The van der Waals surface area contributed by atoms with Crippen LogP contribution in [0.2, 0.25) is 0 Å². The summed E-state index contributed by atoms with van der Waals surface area (Å²) in [6, 6.07) is 4.51. The molecule has 0 aliphatic carbocycles. The maximum atomic E-state index is 11.6. The topological polar surface area (TPSA) is 60.2 Å². The number of halogens is 1. The van der Waals surface area contributed by atoms with E-state index < -0.39 is 4.92 Å². The Morgan fingerprint density at radius 3 is 2.35 bits per heavy atom. The van der Waals surface area contributed by atoms with Crippen molar-refractivity contribution in [2.24, 2.45) is 5.92 Å². The number of ketones is 1. The second-order valence-corrected chi connectivity index (χ2v) is 5.15. The SMILES string of the molecule is CC(=O)C(c1ccc([N+](=O)[O-])cc1Br)C(C)C. The molecule has 0 saturated heterocycles. The van der Waals surface area contributed by atoms with Crippen LogP contribution in [0.5, 0.6) is 0 Å². The summed E-state index contributed by atoms with van der Waals surface area (Å²) in [5.74, 6) is -0.00927. The molecular weight excluding hydrogens is 286 g/mol. The first kappa shape index (κ1) is 13.8. The van der Waals surface area contributed by atoms with Gasteiger partial charge in [-0.15, -0.1) is 0 Å². The number of carbonyl (C=O) groups is 1. The summed E-state index contributed by atoms with van der Waals surface area (Å²) in [4.78, 5) is 21.8. The van der Waals surface area contributed by atoms with Crippen molar-refractivity contribution >= 4 is 27.4 Å². The van der Waals surface area contributed by atoms with Crippen molar-refractivity contribution in [1.29, 1.82) is 0 Å². The zero-order chi connectivity index (χ0) is 13.2. The van der Waals surface area contributed by atoms with Gasteiger partial charge in [-0.05, 0) is 18.4 Å². The zero-order valence-electron chi connectivity index (χ0n) is 9.94. The lowest BCUT2D eigenvalue weighted by Crippen LogP contribution is -2.15. The van der Waals surface area contributed by atoms with Crippen LogP contribution in [-0.4, -0.2) is 10.7 Å². The van der Waals surface area contributed by atoms with Crippen LogP contribution in [0.1, 0.15) is 32.3 Å². The minimum absolute atomic E-state index is 0.0201. The Kier molecular flexibility index (Phi) is 4.40. The van der Waals surface area contributed by atoms with E-state index in [0.29, 0.717) is 4.47 Å². The van der Waals surface area contributed by atoms with E-state index in [1.807, 2.05) is 13.8 Å². The lowest BCUT2D eigenvalue weighted by atomic mass is 9.85. The molecule has 0 spiro atoms. The first-order valence-electron chi connectivity index (χ1n) is 5.29. The summed E-state index contributed by atoms with van der Waals surface area (Å²) in [7, 11) is 0. The average molecular weight is 300 g/mol. The van der Waals surface area contributed by atoms with Crippen LogP contribution in [-0.2, 0) is 4.79 Å². The van der Waals surface area contributed by atoms with Crippen LogP contribution in [0.15, 0.2) is 22.7 Å². The number of rotatable bonds is 4. The van der Waals surface area contributed by atoms with Crippen molar-refractivity contribution in [2.45, 2.75) is 26.7 Å². The van der Waals surface area contributed by atoms with E-state index in [1.165, 1.54) is 12.1 Å². The van der Waals surface area contributed by atoms with E-state index in [2.05, 4.69) is 15.9 Å². The van der Waals surface area contributed by atoms with Gasteiger partial charge in [-0.25, -0.2) is 0 Å². The van der Waals surface area contributed by atoms with Gasteiger partial charge in [0, 0.05) is 22.5 Å². The molecule has 17 heavy (non-hydrogen) atoms. The standard InChI is InChI=1S/C12H14BrNO3/c1-7(2)12(8(3)15)10-5-4-9(14(16)17)6-11(10)13/h4-7,12H,1-3H3. The fourth-order valence-corrected chi connectivity index (χ4v) is 2.54. The van der Waals surface area contributed by atoms with Gasteiger partial charge in [-0.1, -0.05) is 35.8 Å². The number of nitrogens with zero attached hydrogens (tertiary/aromatic N) is 1. The van der Waals surface area contributed by atoms with Gasteiger partial charge in [-0.3, -0.25) is 14.9 Å². The number of nitro groups is 1. The smallest absolute Gasteiger partial charge is 0.270 e. The minimum atomic E-state index is -0.452. The average Bonchev–Trinajstić information content (AvgIpc) is 2.19. The van der Waals surface area contributed by atoms with Gasteiger partial charge in [0.25, 0.3) is 5.69 Å². The number of nitro benzene ring substituents is 1. The highest BCUT2D eigenvalue weighted by Gasteiger charge is 2.23. The van der Waals surface area contributed by atoms with Gasteiger partial charge < -0.3 is 0 Å². The lowest BCUT2D eigenvalue weighted by Gasteiger charge is -2.19. The summed E-state index contributed by atoms with van der Waals surface area (Å²) in [6.45, 7) is 5.46. The fourth-order valence-electron chi connectivity index (χ4n) is 1.93. The van der Waals surface area contributed by atoms with E-state index in [9.17, 15) is 14.9 Å². The van der Waals surface area contributed by atoms with E-state index in [1.54, 1.807) is 13.0 Å². The van der Waals surface area contributed by atoms with Crippen LogP contribution in [0.25, 0.3) is 0 Å².